The van der Waals surface area contributed by atoms with Gasteiger partial charge in [-0.2, -0.15) is 22.3 Å². The van der Waals surface area contributed by atoms with Crippen molar-refractivity contribution in [1.29, 1.82) is 5.26 Å². The van der Waals surface area contributed by atoms with Crippen molar-refractivity contribution < 1.29 is 36.7 Å². The molecular weight excluding hydrogens is 598 g/mol. The van der Waals surface area contributed by atoms with Crippen LogP contribution in [0.5, 0.6) is 0 Å². The predicted octanol–water partition coefficient (Wildman–Crippen LogP) is 1.79. The lowest BCUT2D eigenvalue weighted by molar-refractivity contribution is -0.143. The van der Waals surface area contributed by atoms with E-state index >= 15 is 0 Å². The molecule has 1 aromatic rings. The molecule has 12 nitrogen and oxygen atoms in total. The van der Waals surface area contributed by atoms with Crippen molar-refractivity contribution in [1.82, 2.24) is 23.7 Å². The van der Waals surface area contributed by atoms with Crippen LogP contribution in [0, 0.1) is 40.7 Å². The smallest absolute Gasteiger partial charge is 0.407 e. The minimum atomic E-state index is -3.82. The Bertz CT molecular complexity index is 1410. The second kappa shape index (κ2) is 11.9. The monoisotopic (exact) mass is 628 g/mol. The summed E-state index contributed by atoms with van der Waals surface area (Å²) in [6, 6.07) is 1.75. The Labute approximate surface area is 246 Å². The molecule has 1 aromatic carbocycles. The second-order valence-corrected chi connectivity index (χ2v) is 13.6. The summed E-state index contributed by atoms with van der Waals surface area (Å²) in [5, 5.41) is 20.5. The van der Waals surface area contributed by atoms with Gasteiger partial charge in [-0.05, 0) is 37.8 Å². The second-order valence-electron chi connectivity index (χ2n) is 11.3. The molecule has 1 unspecified atom stereocenters. The molecule has 228 valence electrons. The van der Waals surface area contributed by atoms with Gasteiger partial charge in [-0.3, -0.25) is 9.59 Å². The van der Waals surface area contributed by atoms with Crippen LogP contribution in [-0.4, -0.2) is 102 Å². The molecule has 42 heavy (non-hydrogen) atoms. The average molecular weight is 629 g/mol. The minimum absolute atomic E-state index is 0.00418. The highest BCUT2D eigenvalue weighted by atomic mass is 35.5. The maximum Gasteiger partial charge on any atom is 0.407 e. The zero-order chi connectivity index (χ0) is 30.3. The lowest BCUT2D eigenvalue weighted by Gasteiger charge is -2.43. The molecule has 0 aromatic heterocycles. The lowest BCUT2D eigenvalue weighted by Crippen LogP contribution is -2.58. The number of halogens is 3. The van der Waals surface area contributed by atoms with Gasteiger partial charge in [0.2, 0.25) is 11.8 Å². The van der Waals surface area contributed by atoms with E-state index in [1.54, 1.807) is 0 Å². The first kappa shape index (κ1) is 30.4. The number of hydrogen-bond acceptors (Lipinski definition) is 6. The van der Waals surface area contributed by atoms with Crippen LogP contribution in [0.1, 0.15) is 37.3 Å². The number of benzene rings is 1. The minimum Gasteiger partial charge on any atom is -0.465 e. The molecule has 4 aliphatic heterocycles. The van der Waals surface area contributed by atoms with Gasteiger partial charge in [0, 0.05) is 57.3 Å². The Kier molecular flexibility index (Phi) is 8.62. The van der Waals surface area contributed by atoms with Gasteiger partial charge in [0.15, 0.2) is 0 Å². The molecule has 4 heterocycles. The summed E-state index contributed by atoms with van der Waals surface area (Å²) in [7, 11) is -3.82. The van der Waals surface area contributed by atoms with E-state index < -0.39 is 62.8 Å². The van der Waals surface area contributed by atoms with Crippen LogP contribution >= 0.6 is 11.6 Å². The van der Waals surface area contributed by atoms with Gasteiger partial charge < -0.3 is 20.2 Å². The fourth-order valence-corrected chi connectivity index (χ4v) is 8.06. The van der Waals surface area contributed by atoms with E-state index in [9.17, 15) is 36.7 Å². The number of carboxylic acid groups (broad SMARTS) is 1. The molecule has 3 atom stereocenters. The molecule has 16 heteroatoms. The van der Waals surface area contributed by atoms with E-state index in [2.05, 4.69) is 5.32 Å². The maximum atomic E-state index is 14.9. The fraction of sp³-hybridized carbons (Fsp3) is 0.615. The highest BCUT2D eigenvalue weighted by Gasteiger charge is 2.45. The third-order valence-corrected chi connectivity index (χ3v) is 10.8. The van der Waals surface area contributed by atoms with E-state index in [1.807, 2.05) is 6.07 Å². The maximum absolute atomic E-state index is 14.9. The van der Waals surface area contributed by atoms with Gasteiger partial charge in [0.1, 0.15) is 17.7 Å². The van der Waals surface area contributed by atoms with E-state index in [0.717, 1.165) is 17.0 Å². The molecule has 0 bridgehead atoms. The Balaban J connectivity index is 1.29. The SMILES string of the molecule is N#CC1CN(S(=O)(=O)N2CCC[C@H](C(=O)N3CCC[C@@H]3C(=O)NC(c3cc(F)c(Cl)cc3F)C3CN(C(=O)O)C3)C2)C1. The van der Waals surface area contributed by atoms with Crippen molar-refractivity contribution in [2.75, 3.05) is 45.8 Å². The summed E-state index contributed by atoms with van der Waals surface area (Å²) < 4.78 is 57.8. The van der Waals surface area contributed by atoms with Gasteiger partial charge >= 0.3 is 6.09 Å². The number of hydrogen-bond donors (Lipinski definition) is 2. The Morgan fingerprint density at radius 2 is 1.71 bits per heavy atom. The lowest BCUT2D eigenvalue weighted by atomic mass is 9.86. The van der Waals surface area contributed by atoms with Crippen LogP contribution < -0.4 is 5.32 Å². The van der Waals surface area contributed by atoms with Crippen LogP contribution in [0.15, 0.2) is 12.1 Å². The van der Waals surface area contributed by atoms with E-state index in [4.69, 9.17) is 16.9 Å². The number of nitrogens with zero attached hydrogens (tertiary/aromatic N) is 5. The van der Waals surface area contributed by atoms with Gasteiger partial charge in [-0.25, -0.2) is 13.6 Å². The largest absolute Gasteiger partial charge is 0.465 e. The number of nitrogens with one attached hydrogen (secondary N) is 1. The van der Waals surface area contributed by atoms with E-state index in [-0.39, 0.29) is 63.2 Å². The number of carbonyl (C=O) groups is 3. The zero-order valence-electron chi connectivity index (χ0n) is 22.6. The van der Waals surface area contributed by atoms with Crippen LogP contribution in [0.4, 0.5) is 13.6 Å². The van der Waals surface area contributed by atoms with Gasteiger partial charge in [-0.1, -0.05) is 11.6 Å². The van der Waals surface area contributed by atoms with Gasteiger partial charge in [0.05, 0.1) is 29.0 Å². The standard InChI is InChI=1S/C26H31ClF2N6O6S/c27-19-8-20(28)18(7-21(19)29)23(17-12-32(13-17)26(38)39)31-24(36)22-4-2-6-35(22)25(37)16-3-1-5-33(14-16)42(40,41)34-10-15(9-30)11-34/h7-8,15-17,22-23H,1-6,10-14H2,(H,31,36)(H,38,39)/t16-,22+,23?/m0/s1. The molecule has 4 fully saturated rings. The summed E-state index contributed by atoms with van der Waals surface area (Å²) in [5.41, 5.74) is -0.172. The first-order valence-corrected chi connectivity index (χ1v) is 15.6. The topological polar surface area (TPSA) is 154 Å². The Morgan fingerprint density at radius 3 is 2.38 bits per heavy atom. The third-order valence-electron chi connectivity index (χ3n) is 8.58. The molecule has 0 spiro atoms. The third kappa shape index (κ3) is 5.77. The molecule has 0 radical (unpaired) electrons. The number of rotatable bonds is 7. The normalized spacial score (nSPS) is 24.9. The predicted molar refractivity (Wildman–Crippen MR) is 144 cm³/mol. The number of amides is 3. The zero-order valence-corrected chi connectivity index (χ0v) is 24.2. The van der Waals surface area contributed by atoms with Crippen molar-refractivity contribution in [3.05, 3.63) is 34.4 Å². The molecule has 0 aliphatic carbocycles. The quantitative estimate of drug-likeness (QED) is 0.436. The van der Waals surface area contributed by atoms with Crippen molar-refractivity contribution in [2.45, 2.75) is 37.8 Å². The molecule has 4 saturated heterocycles. The first-order chi connectivity index (χ1) is 19.9. The number of carbonyl (C=O) groups excluding carboxylic acids is 2. The fourth-order valence-electron chi connectivity index (χ4n) is 6.12. The number of piperidine rings is 1. The van der Waals surface area contributed by atoms with Gasteiger partial charge in [-0.15, -0.1) is 0 Å². The van der Waals surface area contributed by atoms with Crippen molar-refractivity contribution in [3.63, 3.8) is 0 Å². The van der Waals surface area contributed by atoms with Crippen LogP contribution in [0.2, 0.25) is 5.02 Å². The van der Waals surface area contributed by atoms with Gasteiger partial charge in [0.25, 0.3) is 10.2 Å². The highest BCUT2D eigenvalue weighted by molar-refractivity contribution is 7.86. The van der Waals surface area contributed by atoms with Crippen molar-refractivity contribution in [3.8, 4) is 6.07 Å². The number of likely N-dealkylation sites (tertiary alicyclic amines) is 2. The summed E-state index contributed by atoms with van der Waals surface area (Å²) in [6.45, 7) is 0.723. The molecular formula is C26H31ClF2N6O6S. The van der Waals surface area contributed by atoms with E-state index in [0.29, 0.717) is 25.7 Å². The van der Waals surface area contributed by atoms with Crippen LogP contribution in [0.3, 0.4) is 0 Å². The van der Waals surface area contributed by atoms with E-state index in [1.165, 1.54) is 13.5 Å². The molecule has 5 rings (SSSR count). The Morgan fingerprint density at radius 1 is 1.02 bits per heavy atom. The molecule has 4 aliphatic rings. The Hall–Kier alpha value is -3.06. The summed E-state index contributed by atoms with van der Waals surface area (Å²) >= 11 is 5.71. The van der Waals surface area contributed by atoms with Crippen molar-refractivity contribution >= 4 is 39.7 Å². The van der Waals surface area contributed by atoms with Crippen LogP contribution in [-0.2, 0) is 19.8 Å². The summed E-state index contributed by atoms with van der Waals surface area (Å²) in [5.74, 6) is -4.23. The molecule has 0 saturated carbocycles. The highest BCUT2D eigenvalue weighted by Crippen LogP contribution is 2.35. The average Bonchev–Trinajstić information content (AvgIpc) is 3.38. The molecule has 3 amide bonds. The summed E-state index contributed by atoms with van der Waals surface area (Å²) in [4.78, 5) is 41.0. The number of nitriles is 1. The van der Waals surface area contributed by atoms with Crippen molar-refractivity contribution in [2.24, 2.45) is 17.8 Å². The summed E-state index contributed by atoms with van der Waals surface area (Å²) in [6.07, 6.45) is 0.579. The first-order valence-electron chi connectivity index (χ1n) is 13.8. The van der Waals surface area contributed by atoms with Crippen LogP contribution in [0.25, 0.3) is 0 Å². The molecule has 2 N–H and O–H groups in total.